The van der Waals surface area contributed by atoms with Gasteiger partial charge in [0.05, 0.1) is 11.6 Å². The van der Waals surface area contributed by atoms with Crippen molar-refractivity contribution in [2.24, 2.45) is 0 Å². The topological polar surface area (TPSA) is 23.8 Å². The Morgan fingerprint density at radius 2 is 2.42 bits per heavy atom. The normalized spacial score (nSPS) is 21.1. The Morgan fingerprint density at radius 1 is 1.58 bits per heavy atom. The maximum Gasteiger partial charge on any atom is 0.195 e. The highest BCUT2D eigenvalue weighted by Crippen LogP contribution is 2.28. The summed E-state index contributed by atoms with van der Waals surface area (Å²) in [6.45, 7) is 2.30. The third-order valence-corrected chi connectivity index (χ3v) is 4.96. The molecule has 2 aromatic heterocycles. The van der Waals surface area contributed by atoms with Crippen molar-refractivity contribution in [2.75, 3.05) is 32.1 Å². The fraction of sp³-hybridized carbons (Fsp3) is 0.615. The molecular formula is C13H19ClN4S. The van der Waals surface area contributed by atoms with Crippen LogP contribution in [0.25, 0.3) is 4.96 Å². The van der Waals surface area contributed by atoms with Gasteiger partial charge in [-0.25, -0.2) is 4.98 Å². The summed E-state index contributed by atoms with van der Waals surface area (Å²) in [6.07, 6.45) is 4.53. The zero-order valence-corrected chi connectivity index (χ0v) is 12.9. The van der Waals surface area contributed by atoms with E-state index in [0.29, 0.717) is 11.9 Å². The summed E-state index contributed by atoms with van der Waals surface area (Å²) in [6, 6.07) is 0.533. The molecular weight excluding hydrogens is 280 g/mol. The summed E-state index contributed by atoms with van der Waals surface area (Å²) in [7, 11) is 4.33. The highest BCUT2D eigenvalue weighted by Gasteiger charge is 2.25. The lowest BCUT2D eigenvalue weighted by Gasteiger charge is -2.36. The van der Waals surface area contributed by atoms with Gasteiger partial charge in [-0.15, -0.1) is 22.9 Å². The number of hydrogen-bond donors (Lipinski definition) is 0. The van der Waals surface area contributed by atoms with Gasteiger partial charge in [-0.2, -0.15) is 0 Å². The van der Waals surface area contributed by atoms with Crippen LogP contribution in [0, 0.1) is 0 Å². The lowest BCUT2D eigenvalue weighted by atomic mass is 10.1. The van der Waals surface area contributed by atoms with Crippen molar-refractivity contribution in [2.45, 2.75) is 24.8 Å². The molecule has 1 aliphatic rings. The van der Waals surface area contributed by atoms with E-state index in [4.69, 9.17) is 16.6 Å². The Morgan fingerprint density at radius 3 is 3.16 bits per heavy atom. The number of piperidine rings is 1. The van der Waals surface area contributed by atoms with Crippen LogP contribution < -0.4 is 4.90 Å². The Kier molecular flexibility index (Phi) is 3.69. The van der Waals surface area contributed by atoms with Gasteiger partial charge in [-0.3, -0.25) is 4.40 Å². The van der Waals surface area contributed by atoms with Gasteiger partial charge in [0.1, 0.15) is 0 Å². The zero-order chi connectivity index (χ0) is 13.4. The first-order chi connectivity index (χ1) is 9.20. The number of thiazole rings is 1. The van der Waals surface area contributed by atoms with E-state index in [0.717, 1.165) is 23.0 Å². The summed E-state index contributed by atoms with van der Waals surface area (Å²) in [4.78, 5) is 10.5. The monoisotopic (exact) mass is 298 g/mol. The van der Waals surface area contributed by atoms with E-state index in [1.165, 1.54) is 19.4 Å². The molecule has 1 unspecified atom stereocenters. The van der Waals surface area contributed by atoms with Crippen molar-refractivity contribution in [1.29, 1.82) is 0 Å². The third-order valence-electron chi connectivity index (χ3n) is 3.95. The van der Waals surface area contributed by atoms with Crippen LogP contribution in [0.4, 0.5) is 5.82 Å². The molecule has 0 aliphatic carbocycles. The molecule has 0 aromatic carbocycles. The first-order valence-electron chi connectivity index (χ1n) is 6.62. The molecule has 6 heteroatoms. The summed E-state index contributed by atoms with van der Waals surface area (Å²) in [5.41, 5.74) is 1.11. The number of likely N-dealkylation sites (N-methyl/N-ethyl adjacent to an activating group) is 2. The predicted molar refractivity (Wildman–Crippen MR) is 81.5 cm³/mol. The molecule has 3 heterocycles. The SMILES string of the molecule is CN1CCCC(N(C)c2nc3sccn3c2CCl)C1. The molecule has 1 saturated heterocycles. The van der Waals surface area contributed by atoms with Crippen LogP contribution >= 0.6 is 22.9 Å². The van der Waals surface area contributed by atoms with Crippen LogP contribution in [0.3, 0.4) is 0 Å². The number of halogens is 1. The lowest BCUT2D eigenvalue weighted by Crippen LogP contribution is -2.45. The van der Waals surface area contributed by atoms with E-state index in [1.807, 2.05) is 0 Å². The minimum Gasteiger partial charge on any atom is -0.354 e. The van der Waals surface area contributed by atoms with Crippen LogP contribution in [0.1, 0.15) is 18.5 Å². The molecule has 1 atom stereocenters. The van der Waals surface area contributed by atoms with Gasteiger partial charge in [0.2, 0.25) is 0 Å². The maximum absolute atomic E-state index is 6.13. The van der Waals surface area contributed by atoms with Crippen molar-refractivity contribution in [3.8, 4) is 0 Å². The first-order valence-corrected chi connectivity index (χ1v) is 8.04. The van der Waals surface area contributed by atoms with Crippen LogP contribution in [0.15, 0.2) is 11.6 Å². The molecule has 3 rings (SSSR count). The minimum absolute atomic E-state index is 0.500. The van der Waals surface area contributed by atoms with Crippen LogP contribution in [-0.4, -0.2) is 47.5 Å². The predicted octanol–water partition coefficient (Wildman–Crippen LogP) is 2.67. The van der Waals surface area contributed by atoms with E-state index in [-0.39, 0.29) is 0 Å². The molecule has 2 aromatic rings. The molecule has 19 heavy (non-hydrogen) atoms. The van der Waals surface area contributed by atoms with Gasteiger partial charge in [-0.05, 0) is 26.4 Å². The fourth-order valence-corrected chi connectivity index (χ4v) is 3.83. The largest absolute Gasteiger partial charge is 0.354 e. The highest BCUT2D eigenvalue weighted by molar-refractivity contribution is 7.15. The van der Waals surface area contributed by atoms with Crippen molar-refractivity contribution in [1.82, 2.24) is 14.3 Å². The van der Waals surface area contributed by atoms with Gasteiger partial charge < -0.3 is 9.80 Å². The number of aromatic nitrogens is 2. The molecule has 4 nitrogen and oxygen atoms in total. The van der Waals surface area contributed by atoms with Crippen molar-refractivity contribution in [3.05, 3.63) is 17.3 Å². The van der Waals surface area contributed by atoms with Gasteiger partial charge >= 0.3 is 0 Å². The van der Waals surface area contributed by atoms with Crippen LogP contribution in [0.2, 0.25) is 0 Å². The summed E-state index contributed by atoms with van der Waals surface area (Å²) in [5.74, 6) is 1.54. The number of rotatable bonds is 3. The number of hydrogen-bond acceptors (Lipinski definition) is 4. The smallest absolute Gasteiger partial charge is 0.195 e. The fourth-order valence-electron chi connectivity index (χ4n) is 2.86. The van der Waals surface area contributed by atoms with E-state index < -0.39 is 0 Å². The maximum atomic E-state index is 6.13. The quantitative estimate of drug-likeness (QED) is 0.814. The molecule has 104 valence electrons. The Labute approximate surface area is 122 Å². The summed E-state index contributed by atoms with van der Waals surface area (Å²) >= 11 is 7.79. The number of anilines is 1. The molecule has 0 radical (unpaired) electrons. The molecule has 1 fully saturated rings. The number of imidazole rings is 1. The summed E-state index contributed by atoms with van der Waals surface area (Å²) < 4.78 is 2.11. The molecule has 0 spiro atoms. The molecule has 1 aliphatic heterocycles. The average Bonchev–Trinajstić information content (AvgIpc) is 2.97. The van der Waals surface area contributed by atoms with E-state index in [9.17, 15) is 0 Å². The van der Waals surface area contributed by atoms with Crippen LogP contribution in [0.5, 0.6) is 0 Å². The second kappa shape index (κ2) is 5.31. The Hall–Kier alpha value is -0.780. The zero-order valence-electron chi connectivity index (χ0n) is 11.3. The van der Waals surface area contributed by atoms with E-state index in [1.54, 1.807) is 11.3 Å². The van der Waals surface area contributed by atoms with E-state index in [2.05, 4.69) is 39.9 Å². The first kappa shape index (κ1) is 13.2. The van der Waals surface area contributed by atoms with Gasteiger partial charge in [0, 0.05) is 31.2 Å². The van der Waals surface area contributed by atoms with Gasteiger partial charge in [-0.1, -0.05) is 0 Å². The summed E-state index contributed by atoms with van der Waals surface area (Å²) in [5, 5.41) is 2.05. The van der Waals surface area contributed by atoms with Crippen molar-refractivity contribution < 1.29 is 0 Å². The van der Waals surface area contributed by atoms with Crippen LogP contribution in [-0.2, 0) is 5.88 Å². The molecule has 0 amide bonds. The highest BCUT2D eigenvalue weighted by atomic mass is 35.5. The standard InChI is InChI=1S/C13H19ClN4S/c1-16-5-3-4-10(9-16)17(2)12-11(8-14)18-6-7-19-13(18)15-12/h6-7,10H,3-5,8-9H2,1-2H3. The second-order valence-electron chi connectivity index (χ2n) is 5.24. The average molecular weight is 299 g/mol. The molecule has 0 bridgehead atoms. The number of fused-ring (bicyclic) bond motifs is 1. The number of nitrogens with zero attached hydrogens (tertiary/aromatic N) is 4. The minimum atomic E-state index is 0.500. The van der Waals surface area contributed by atoms with Crippen molar-refractivity contribution in [3.63, 3.8) is 0 Å². The van der Waals surface area contributed by atoms with Gasteiger partial charge in [0.25, 0.3) is 0 Å². The van der Waals surface area contributed by atoms with Gasteiger partial charge in [0.15, 0.2) is 10.8 Å². The molecule has 0 N–H and O–H groups in total. The number of alkyl halides is 1. The lowest BCUT2D eigenvalue weighted by molar-refractivity contribution is 0.247. The second-order valence-corrected chi connectivity index (χ2v) is 6.38. The van der Waals surface area contributed by atoms with Crippen molar-refractivity contribution >= 4 is 33.7 Å². The Balaban J connectivity index is 1.91. The Bertz CT molecular complexity index is 564. The third kappa shape index (κ3) is 2.35. The number of likely N-dealkylation sites (tertiary alicyclic amines) is 1. The van der Waals surface area contributed by atoms with E-state index >= 15 is 0 Å². The molecule has 0 saturated carbocycles.